The van der Waals surface area contributed by atoms with Crippen molar-refractivity contribution in [3.63, 3.8) is 0 Å². The maximum atomic E-state index is 12.6. The Kier molecular flexibility index (Phi) is 6.93. The number of benzene rings is 2. The zero-order chi connectivity index (χ0) is 23.3. The van der Waals surface area contributed by atoms with Crippen LogP contribution >= 0.6 is 0 Å². The number of aromatic nitrogens is 1. The lowest BCUT2D eigenvalue weighted by molar-refractivity contribution is -0.384. The highest BCUT2D eigenvalue weighted by Gasteiger charge is 2.20. The predicted molar refractivity (Wildman–Crippen MR) is 118 cm³/mol. The van der Waals surface area contributed by atoms with E-state index in [1.165, 1.54) is 28.8 Å². The molecule has 0 atom stereocenters. The van der Waals surface area contributed by atoms with Gasteiger partial charge in [-0.1, -0.05) is 30.3 Å². The molecular formula is C22H23N5O5. The number of nitro groups is 1. The van der Waals surface area contributed by atoms with Gasteiger partial charge in [0.2, 0.25) is 11.8 Å². The fourth-order valence-corrected chi connectivity index (χ4v) is 3.39. The Bertz CT molecular complexity index is 1180. The summed E-state index contributed by atoms with van der Waals surface area (Å²) in [6.45, 7) is 4.80. The number of rotatable bonds is 8. The second-order valence-electron chi connectivity index (χ2n) is 7.04. The highest BCUT2D eigenvalue weighted by atomic mass is 16.6. The van der Waals surface area contributed by atoms with Crippen LogP contribution in [0.4, 0.5) is 11.4 Å². The normalized spacial score (nSPS) is 11.2. The standard InChI is InChI=1S/C22H23N5O5/c1-3-25(4-2)20(29)14-26-18-8-6-5-7-17(18)21(22(26)30)24-23-19(28)13-15-9-11-16(12-10-15)27(31)32/h5-12,30H,3-4,13-14H2,1-2H3. The van der Waals surface area contributed by atoms with Gasteiger partial charge in [-0.15, -0.1) is 10.2 Å². The number of aromatic hydroxyl groups is 1. The molecule has 10 nitrogen and oxygen atoms in total. The molecule has 0 bridgehead atoms. The Labute approximate surface area is 183 Å². The molecular weight excluding hydrogens is 414 g/mol. The first kappa shape index (κ1) is 22.6. The van der Waals surface area contributed by atoms with Crippen LogP contribution in [0.25, 0.3) is 10.9 Å². The number of azo groups is 1. The van der Waals surface area contributed by atoms with E-state index in [0.717, 1.165) is 0 Å². The average molecular weight is 437 g/mol. The molecule has 0 saturated carbocycles. The van der Waals surface area contributed by atoms with Crippen molar-refractivity contribution in [1.29, 1.82) is 0 Å². The van der Waals surface area contributed by atoms with E-state index < -0.39 is 10.8 Å². The SMILES string of the molecule is CCN(CC)C(=O)Cn1c(O)c(N=NC(=O)Cc2ccc([N+](=O)[O-])cc2)c2ccccc21. The highest BCUT2D eigenvalue weighted by Crippen LogP contribution is 2.38. The highest BCUT2D eigenvalue weighted by molar-refractivity contribution is 5.96. The van der Waals surface area contributed by atoms with Crippen LogP contribution < -0.4 is 0 Å². The summed E-state index contributed by atoms with van der Waals surface area (Å²) in [6, 6.07) is 12.6. The molecule has 0 saturated heterocycles. The Morgan fingerprint density at radius 2 is 1.75 bits per heavy atom. The average Bonchev–Trinajstić information content (AvgIpc) is 3.04. The monoisotopic (exact) mass is 437 g/mol. The third-order valence-corrected chi connectivity index (χ3v) is 5.09. The van der Waals surface area contributed by atoms with Crippen LogP contribution in [0.1, 0.15) is 19.4 Å². The summed E-state index contributed by atoms with van der Waals surface area (Å²) in [7, 11) is 0. The molecule has 0 aliphatic heterocycles. The molecule has 1 N–H and O–H groups in total. The van der Waals surface area contributed by atoms with Crippen molar-refractivity contribution in [2.45, 2.75) is 26.8 Å². The van der Waals surface area contributed by atoms with Crippen LogP contribution in [-0.4, -0.2) is 44.4 Å². The molecule has 3 aromatic rings. The number of nitrogens with zero attached hydrogens (tertiary/aromatic N) is 5. The molecule has 2 aromatic carbocycles. The van der Waals surface area contributed by atoms with Gasteiger partial charge in [-0.25, -0.2) is 0 Å². The Morgan fingerprint density at radius 1 is 1.09 bits per heavy atom. The van der Waals surface area contributed by atoms with Crippen molar-refractivity contribution < 1.29 is 19.6 Å². The number of nitro benzene ring substituents is 1. The molecule has 0 aliphatic carbocycles. The van der Waals surface area contributed by atoms with E-state index in [-0.39, 0.29) is 36.1 Å². The number of likely N-dealkylation sites (N-methyl/N-ethyl adjacent to an activating group) is 1. The van der Waals surface area contributed by atoms with Crippen LogP contribution in [0.5, 0.6) is 5.88 Å². The van der Waals surface area contributed by atoms with Crippen molar-refractivity contribution in [3.8, 4) is 5.88 Å². The molecule has 0 fully saturated rings. The molecule has 32 heavy (non-hydrogen) atoms. The summed E-state index contributed by atoms with van der Waals surface area (Å²) in [4.78, 5) is 36.7. The minimum absolute atomic E-state index is 0.0692. The molecule has 0 spiro atoms. The van der Waals surface area contributed by atoms with Gasteiger partial charge < -0.3 is 14.6 Å². The molecule has 1 heterocycles. The second-order valence-corrected chi connectivity index (χ2v) is 7.04. The topological polar surface area (TPSA) is 130 Å². The van der Waals surface area contributed by atoms with Crippen molar-refractivity contribution >= 4 is 34.1 Å². The summed E-state index contributed by atoms with van der Waals surface area (Å²) in [5.74, 6) is -0.975. The molecule has 10 heteroatoms. The number of hydrogen-bond donors (Lipinski definition) is 1. The van der Waals surface area contributed by atoms with Crippen LogP contribution in [0.3, 0.4) is 0 Å². The van der Waals surface area contributed by atoms with Gasteiger partial charge in [-0.2, -0.15) is 0 Å². The molecule has 2 amide bonds. The van der Waals surface area contributed by atoms with E-state index in [9.17, 15) is 24.8 Å². The number of amides is 2. The van der Waals surface area contributed by atoms with Crippen molar-refractivity contribution in [2.24, 2.45) is 10.2 Å². The van der Waals surface area contributed by atoms with E-state index in [2.05, 4.69) is 10.2 Å². The lowest BCUT2D eigenvalue weighted by Gasteiger charge is -2.19. The molecule has 0 aliphatic rings. The first-order chi connectivity index (χ1) is 15.3. The maximum Gasteiger partial charge on any atom is 0.269 e. The van der Waals surface area contributed by atoms with Gasteiger partial charge in [0, 0.05) is 30.6 Å². The van der Waals surface area contributed by atoms with Crippen molar-refractivity contribution in [2.75, 3.05) is 13.1 Å². The Hall–Kier alpha value is -4.08. The zero-order valence-corrected chi connectivity index (χ0v) is 17.8. The van der Waals surface area contributed by atoms with E-state index in [4.69, 9.17) is 0 Å². The first-order valence-electron chi connectivity index (χ1n) is 10.1. The number of carbonyl (C=O) groups excluding carboxylic acids is 2. The summed E-state index contributed by atoms with van der Waals surface area (Å²) in [5.41, 5.74) is 1.18. The third-order valence-electron chi connectivity index (χ3n) is 5.09. The quantitative estimate of drug-likeness (QED) is 0.324. The van der Waals surface area contributed by atoms with E-state index in [1.807, 2.05) is 13.8 Å². The third kappa shape index (κ3) is 4.80. The van der Waals surface area contributed by atoms with E-state index in [1.54, 1.807) is 29.2 Å². The first-order valence-corrected chi connectivity index (χ1v) is 10.1. The van der Waals surface area contributed by atoms with Crippen LogP contribution in [0, 0.1) is 10.1 Å². The molecule has 0 radical (unpaired) electrons. The summed E-state index contributed by atoms with van der Waals surface area (Å²) in [6.07, 6.45) is -0.0959. The van der Waals surface area contributed by atoms with Gasteiger partial charge >= 0.3 is 0 Å². The molecule has 0 unspecified atom stereocenters. The van der Waals surface area contributed by atoms with Crippen LogP contribution in [-0.2, 0) is 22.6 Å². The van der Waals surface area contributed by atoms with Gasteiger partial charge in [-0.05, 0) is 25.5 Å². The fraction of sp³-hybridized carbons (Fsp3) is 0.273. The Balaban J connectivity index is 1.84. The summed E-state index contributed by atoms with van der Waals surface area (Å²) >= 11 is 0. The summed E-state index contributed by atoms with van der Waals surface area (Å²) < 4.78 is 1.45. The number of non-ortho nitro benzene ring substituents is 1. The van der Waals surface area contributed by atoms with Gasteiger partial charge in [0.15, 0.2) is 5.69 Å². The van der Waals surface area contributed by atoms with E-state index in [0.29, 0.717) is 29.6 Å². The lowest BCUT2D eigenvalue weighted by Crippen LogP contribution is -2.33. The van der Waals surface area contributed by atoms with Crippen LogP contribution in [0.15, 0.2) is 58.8 Å². The predicted octanol–water partition coefficient (Wildman–Crippen LogP) is 3.98. The molecule has 1 aromatic heterocycles. The van der Waals surface area contributed by atoms with Crippen molar-refractivity contribution in [1.82, 2.24) is 9.47 Å². The minimum atomic E-state index is -0.575. The van der Waals surface area contributed by atoms with Gasteiger partial charge in [-0.3, -0.25) is 19.7 Å². The smallest absolute Gasteiger partial charge is 0.269 e. The molecule has 166 valence electrons. The Morgan fingerprint density at radius 3 is 2.38 bits per heavy atom. The number of para-hydroxylation sites is 1. The largest absolute Gasteiger partial charge is 0.493 e. The number of carbonyl (C=O) groups is 2. The lowest BCUT2D eigenvalue weighted by atomic mass is 10.1. The van der Waals surface area contributed by atoms with Crippen LogP contribution in [0.2, 0.25) is 0 Å². The fourth-order valence-electron chi connectivity index (χ4n) is 3.39. The summed E-state index contributed by atoms with van der Waals surface area (Å²) in [5, 5.41) is 29.7. The maximum absolute atomic E-state index is 12.6. The van der Waals surface area contributed by atoms with Crippen molar-refractivity contribution in [3.05, 3.63) is 64.2 Å². The van der Waals surface area contributed by atoms with Gasteiger partial charge in [0.1, 0.15) is 6.54 Å². The minimum Gasteiger partial charge on any atom is -0.493 e. The molecule has 3 rings (SSSR count). The number of fused-ring (bicyclic) bond motifs is 1. The second kappa shape index (κ2) is 9.82. The van der Waals surface area contributed by atoms with E-state index >= 15 is 0 Å². The van der Waals surface area contributed by atoms with Gasteiger partial charge in [0.25, 0.3) is 11.6 Å². The zero-order valence-electron chi connectivity index (χ0n) is 17.8. The number of hydrogen-bond acceptors (Lipinski definition) is 6. The van der Waals surface area contributed by atoms with Gasteiger partial charge in [0.05, 0.1) is 16.9 Å².